The zero-order valence-corrected chi connectivity index (χ0v) is 77.9. The van der Waals surface area contributed by atoms with E-state index in [4.69, 9.17) is 18.9 Å². The molecule has 0 unspecified atom stereocenters. The lowest BCUT2D eigenvalue weighted by molar-refractivity contribution is -0.161. The number of hydrogen-bond donors (Lipinski definition) is 0. The van der Waals surface area contributed by atoms with Gasteiger partial charge in [0.2, 0.25) is 0 Å². The number of hydrogen-bond acceptors (Lipinski definition) is 12. The summed E-state index contributed by atoms with van der Waals surface area (Å²) in [4.78, 5) is 65.5. The average Bonchev–Trinajstić information content (AvgIpc) is 0.891. The van der Waals surface area contributed by atoms with Gasteiger partial charge >= 0.3 is 23.9 Å². The number of ether oxygens (including phenoxy) is 4. The molecular formula is C100H196N4O8. The predicted molar refractivity (Wildman–Crippen MR) is 483 cm³/mol. The molecule has 112 heavy (non-hydrogen) atoms. The quantitative estimate of drug-likeness (QED) is 0.0328. The molecule has 1 aliphatic rings. The molecule has 1 fully saturated rings. The molecule has 664 valence electrons. The largest absolute Gasteiger partial charge is 0.465 e. The first kappa shape index (κ1) is 108. The maximum absolute atomic E-state index is 13.9. The number of piperazine rings is 1. The average molecular weight is 1580 g/mol. The standard InChI is InChI=1S/C100H196N4O8/c1-15-21-27-33-39-41-43-53-67-89-109-93(105)97(7,8)75-61-65-79-101(77-63-51-49-59-73-99(11,12)95(107)111-91(69-55-45-35-29-23-17-3)70-56-46-36-30-24-18-4)81-83-103-85-87-104(88-86-103)84-82-102(80-66-62-76-98(9,10)94(106)110-90-68-54-44-42-40-34-28-22-16-2)78-64-52-50-60-74-100(13,14)96(108)112-92(71-57-47-37-31-25-19-5)72-58-48-38-32-26-20-6/h91-92H,15-90H2,1-14H3. The molecule has 0 aromatic carbocycles. The van der Waals surface area contributed by atoms with Crippen molar-refractivity contribution in [2.45, 2.75) is 507 Å². The van der Waals surface area contributed by atoms with E-state index in [1.54, 1.807) is 0 Å². The summed E-state index contributed by atoms with van der Waals surface area (Å²) in [7, 11) is 0. The first-order chi connectivity index (χ1) is 54.1. The van der Waals surface area contributed by atoms with Crippen molar-refractivity contribution in [2.75, 3.05) is 91.8 Å². The number of carbonyl (C=O) groups excluding carboxylic acids is 4. The van der Waals surface area contributed by atoms with E-state index in [1.807, 2.05) is 0 Å². The highest BCUT2D eigenvalue weighted by molar-refractivity contribution is 5.77. The second-order valence-corrected chi connectivity index (χ2v) is 38.4. The Morgan fingerprint density at radius 2 is 0.446 bits per heavy atom. The first-order valence-corrected chi connectivity index (χ1v) is 49.8. The Labute approximate surface area is 698 Å². The van der Waals surface area contributed by atoms with Crippen molar-refractivity contribution in [1.82, 2.24) is 19.6 Å². The fourth-order valence-corrected chi connectivity index (χ4v) is 16.5. The van der Waals surface area contributed by atoms with Crippen LogP contribution in [0.25, 0.3) is 0 Å². The Kier molecular flexibility index (Phi) is 69.9. The lowest BCUT2D eigenvalue weighted by Gasteiger charge is -2.37. The van der Waals surface area contributed by atoms with Crippen LogP contribution in [0.3, 0.4) is 0 Å². The molecule has 1 aliphatic heterocycles. The SMILES string of the molecule is CCCCCCCCCCCOC(=O)C(C)(C)CCCCN(CCCCCCC(C)(C)C(=O)OC(CCCCCCCC)CCCCCCCC)CCN1CCN(CCN(CCCCCCC(C)(C)C(=O)OC(CCCCCCCC)CCCCCCCC)CCCCC(C)(C)C(=O)OCCCCCCCCCCC)CC1. The molecular weight excluding hydrogens is 1390 g/mol. The van der Waals surface area contributed by atoms with Crippen LogP contribution in [0, 0.1) is 21.7 Å². The topological polar surface area (TPSA) is 118 Å². The summed E-state index contributed by atoms with van der Waals surface area (Å²) in [6, 6.07) is 0. The number of nitrogens with zero attached hydrogens (tertiary/aromatic N) is 4. The van der Waals surface area contributed by atoms with Crippen LogP contribution >= 0.6 is 0 Å². The van der Waals surface area contributed by atoms with Crippen LogP contribution in [0.5, 0.6) is 0 Å². The molecule has 0 bridgehead atoms. The Morgan fingerprint density at radius 1 is 0.250 bits per heavy atom. The number of esters is 4. The Balaban J connectivity index is 3.06. The van der Waals surface area contributed by atoms with Gasteiger partial charge in [-0.25, -0.2) is 0 Å². The molecule has 0 saturated carbocycles. The summed E-state index contributed by atoms with van der Waals surface area (Å²) in [5.41, 5.74) is -1.92. The molecule has 0 aromatic rings. The highest BCUT2D eigenvalue weighted by atomic mass is 16.6. The molecule has 0 atom stereocenters. The summed E-state index contributed by atoms with van der Waals surface area (Å²) in [5, 5.41) is 0. The van der Waals surface area contributed by atoms with Gasteiger partial charge in [-0.3, -0.25) is 29.0 Å². The third-order valence-electron chi connectivity index (χ3n) is 25.3. The summed E-state index contributed by atoms with van der Waals surface area (Å²) >= 11 is 0. The van der Waals surface area contributed by atoms with Crippen LogP contribution in [-0.4, -0.2) is 147 Å². The van der Waals surface area contributed by atoms with Gasteiger partial charge in [-0.1, -0.05) is 324 Å². The molecule has 0 N–H and O–H groups in total. The van der Waals surface area contributed by atoms with Gasteiger partial charge < -0.3 is 28.7 Å². The molecule has 1 rings (SSSR count). The van der Waals surface area contributed by atoms with Gasteiger partial charge in [-0.2, -0.15) is 0 Å². The van der Waals surface area contributed by atoms with Crippen LogP contribution in [0.1, 0.15) is 495 Å². The van der Waals surface area contributed by atoms with Gasteiger partial charge in [0, 0.05) is 52.4 Å². The minimum absolute atomic E-state index is 0.0101. The van der Waals surface area contributed by atoms with Crippen molar-refractivity contribution >= 4 is 23.9 Å². The molecule has 12 heteroatoms. The second-order valence-electron chi connectivity index (χ2n) is 38.4. The highest BCUT2D eigenvalue weighted by Gasteiger charge is 2.34. The molecule has 12 nitrogen and oxygen atoms in total. The summed E-state index contributed by atoms with van der Waals surface area (Å²) < 4.78 is 24.7. The second kappa shape index (κ2) is 72.7. The Morgan fingerprint density at radius 3 is 0.705 bits per heavy atom. The van der Waals surface area contributed by atoms with Crippen molar-refractivity contribution in [3.63, 3.8) is 0 Å². The minimum atomic E-state index is -0.481. The third kappa shape index (κ3) is 61.1. The van der Waals surface area contributed by atoms with Crippen molar-refractivity contribution in [1.29, 1.82) is 0 Å². The molecule has 0 aliphatic carbocycles. The number of rotatable bonds is 84. The monoisotopic (exact) mass is 1580 g/mol. The van der Waals surface area contributed by atoms with Gasteiger partial charge in [0.15, 0.2) is 0 Å². The summed E-state index contributed by atoms with van der Waals surface area (Å²) in [6.45, 7) is 44.5. The fraction of sp³-hybridized carbons (Fsp3) is 0.960. The van der Waals surface area contributed by atoms with E-state index >= 15 is 0 Å². The lowest BCUT2D eigenvalue weighted by atomic mass is 9.86. The fourth-order valence-electron chi connectivity index (χ4n) is 16.5. The zero-order valence-electron chi connectivity index (χ0n) is 77.9. The van der Waals surface area contributed by atoms with E-state index in [0.717, 1.165) is 258 Å². The van der Waals surface area contributed by atoms with Crippen molar-refractivity contribution in [3.8, 4) is 0 Å². The molecule has 0 aromatic heterocycles. The predicted octanol–water partition coefficient (Wildman–Crippen LogP) is 28.5. The van der Waals surface area contributed by atoms with Gasteiger partial charge in [-0.05, 0) is 197 Å². The van der Waals surface area contributed by atoms with Crippen molar-refractivity contribution < 1.29 is 38.1 Å². The van der Waals surface area contributed by atoms with Crippen LogP contribution in [0.4, 0.5) is 0 Å². The molecule has 0 spiro atoms. The first-order valence-electron chi connectivity index (χ1n) is 49.8. The molecule has 1 heterocycles. The highest BCUT2D eigenvalue weighted by Crippen LogP contribution is 2.32. The molecule has 1 saturated heterocycles. The molecule has 0 radical (unpaired) electrons. The minimum Gasteiger partial charge on any atom is -0.465 e. The lowest BCUT2D eigenvalue weighted by Crippen LogP contribution is -2.50. The smallest absolute Gasteiger partial charge is 0.311 e. The summed E-state index contributed by atoms with van der Waals surface area (Å²) in [6.07, 6.45) is 73.7. The van der Waals surface area contributed by atoms with Gasteiger partial charge in [0.25, 0.3) is 0 Å². The van der Waals surface area contributed by atoms with Crippen LogP contribution in [-0.2, 0) is 38.1 Å². The molecule has 0 amide bonds. The normalized spacial score (nSPS) is 13.6. The number of carbonyl (C=O) groups is 4. The van der Waals surface area contributed by atoms with Crippen molar-refractivity contribution in [2.24, 2.45) is 21.7 Å². The van der Waals surface area contributed by atoms with Gasteiger partial charge in [0.05, 0.1) is 34.9 Å². The number of unbranched alkanes of at least 4 members (excludes halogenated alkanes) is 44. The Bertz CT molecular complexity index is 1950. The van der Waals surface area contributed by atoms with E-state index in [9.17, 15) is 19.2 Å². The van der Waals surface area contributed by atoms with Crippen LogP contribution < -0.4 is 0 Å². The van der Waals surface area contributed by atoms with E-state index in [0.29, 0.717) is 13.2 Å². The third-order valence-corrected chi connectivity index (χ3v) is 25.3. The van der Waals surface area contributed by atoms with E-state index in [1.165, 1.54) is 218 Å². The van der Waals surface area contributed by atoms with E-state index < -0.39 is 21.7 Å². The van der Waals surface area contributed by atoms with Crippen LogP contribution in [0.15, 0.2) is 0 Å². The van der Waals surface area contributed by atoms with E-state index in [-0.39, 0.29) is 36.1 Å². The van der Waals surface area contributed by atoms with Crippen LogP contribution in [0.2, 0.25) is 0 Å². The maximum Gasteiger partial charge on any atom is 0.311 e. The van der Waals surface area contributed by atoms with E-state index in [2.05, 4.69) is 117 Å². The zero-order chi connectivity index (χ0) is 82.3. The maximum atomic E-state index is 13.9. The van der Waals surface area contributed by atoms with Gasteiger partial charge in [0.1, 0.15) is 12.2 Å². The van der Waals surface area contributed by atoms with Gasteiger partial charge in [-0.15, -0.1) is 0 Å². The summed E-state index contributed by atoms with van der Waals surface area (Å²) in [5.74, 6) is -0.0528. The van der Waals surface area contributed by atoms with Crippen molar-refractivity contribution in [3.05, 3.63) is 0 Å². The Hall–Kier alpha value is -2.28.